The molecule has 3 rings (SSSR count). The number of ether oxygens (including phenoxy) is 1. The predicted molar refractivity (Wildman–Crippen MR) is 91.8 cm³/mol. The Labute approximate surface area is 139 Å². The third kappa shape index (κ3) is 3.22. The topological polar surface area (TPSA) is 44.1 Å². The molecule has 0 radical (unpaired) electrons. The average Bonchev–Trinajstić information content (AvgIpc) is 2.85. The van der Waals surface area contributed by atoms with Crippen molar-refractivity contribution in [1.82, 2.24) is 9.55 Å². The van der Waals surface area contributed by atoms with Gasteiger partial charge in [-0.1, -0.05) is 41.9 Å². The number of halogens is 1. The normalized spacial score (nSPS) is 11.7. The molecular weight excluding hydrogens is 312 g/mol. The van der Waals surface area contributed by atoms with Crippen molar-refractivity contribution in [2.24, 2.45) is 0 Å². The van der Waals surface area contributed by atoms with Crippen molar-refractivity contribution in [2.75, 3.05) is 0 Å². The first kappa shape index (κ1) is 15.6. The molecule has 2 aromatic heterocycles. The summed E-state index contributed by atoms with van der Waals surface area (Å²) in [6.45, 7) is 5.52. The Bertz CT molecular complexity index is 864. The van der Waals surface area contributed by atoms with E-state index in [0.29, 0.717) is 10.7 Å². The number of carbonyl (C=O) groups is 1. The summed E-state index contributed by atoms with van der Waals surface area (Å²) in [4.78, 5) is 16.8. The number of rotatable bonds is 1. The van der Waals surface area contributed by atoms with Gasteiger partial charge in [0.05, 0.1) is 11.2 Å². The molecule has 0 aliphatic carbocycles. The molecule has 1 aromatic carbocycles. The quantitative estimate of drug-likeness (QED) is 0.581. The lowest BCUT2D eigenvalue weighted by Gasteiger charge is -2.21. The fraction of sp³-hybridized carbons (Fsp3) is 0.222. The minimum Gasteiger partial charge on any atom is -0.443 e. The molecule has 2 heterocycles. The molecule has 0 N–H and O–H groups in total. The summed E-state index contributed by atoms with van der Waals surface area (Å²) >= 11 is 6.01. The van der Waals surface area contributed by atoms with Gasteiger partial charge in [0.1, 0.15) is 10.8 Å². The molecule has 0 unspecified atom stereocenters. The van der Waals surface area contributed by atoms with Crippen molar-refractivity contribution in [3.63, 3.8) is 0 Å². The van der Waals surface area contributed by atoms with E-state index < -0.39 is 11.7 Å². The van der Waals surface area contributed by atoms with E-state index in [0.717, 1.165) is 16.6 Å². The number of nitrogens with zero attached hydrogens (tertiary/aromatic N) is 2. The van der Waals surface area contributed by atoms with Gasteiger partial charge in [-0.05, 0) is 32.4 Å². The molecule has 23 heavy (non-hydrogen) atoms. The summed E-state index contributed by atoms with van der Waals surface area (Å²) in [6, 6.07) is 13.3. The Morgan fingerprint density at radius 2 is 1.87 bits per heavy atom. The van der Waals surface area contributed by atoms with Gasteiger partial charge < -0.3 is 4.74 Å². The molecule has 5 heteroatoms. The first-order valence-electron chi connectivity index (χ1n) is 7.31. The van der Waals surface area contributed by atoms with Gasteiger partial charge in [-0.15, -0.1) is 0 Å². The van der Waals surface area contributed by atoms with Crippen molar-refractivity contribution >= 4 is 28.6 Å². The van der Waals surface area contributed by atoms with Crippen LogP contribution in [0.25, 0.3) is 22.2 Å². The zero-order chi connectivity index (χ0) is 16.6. The maximum Gasteiger partial charge on any atom is 0.419 e. The largest absolute Gasteiger partial charge is 0.443 e. The first-order valence-corrected chi connectivity index (χ1v) is 7.69. The molecule has 0 bridgehead atoms. The Kier molecular flexibility index (Phi) is 3.86. The standard InChI is InChI=1S/C18H17ClN2O2/c1-18(2,3)23-17(22)21-14(12-7-5-4-6-8-12)9-13-11-20-16(19)10-15(13)21/h4-11H,1-3H3. The van der Waals surface area contributed by atoms with Crippen molar-refractivity contribution in [3.8, 4) is 11.3 Å². The summed E-state index contributed by atoms with van der Waals surface area (Å²) in [5, 5.41) is 1.17. The number of fused-ring (bicyclic) bond motifs is 1. The first-order chi connectivity index (χ1) is 10.8. The van der Waals surface area contributed by atoms with Crippen LogP contribution >= 0.6 is 11.6 Å². The van der Waals surface area contributed by atoms with Gasteiger partial charge in [-0.25, -0.2) is 14.3 Å². The fourth-order valence-electron chi connectivity index (χ4n) is 2.40. The summed E-state index contributed by atoms with van der Waals surface area (Å²) in [5.74, 6) is 0. The number of pyridine rings is 1. The highest BCUT2D eigenvalue weighted by molar-refractivity contribution is 6.30. The van der Waals surface area contributed by atoms with Gasteiger partial charge in [0.2, 0.25) is 0 Å². The fourth-order valence-corrected chi connectivity index (χ4v) is 2.55. The number of hydrogen-bond acceptors (Lipinski definition) is 3. The van der Waals surface area contributed by atoms with Crippen molar-refractivity contribution < 1.29 is 9.53 Å². The number of carbonyl (C=O) groups excluding carboxylic acids is 1. The van der Waals surface area contributed by atoms with Crippen LogP contribution in [-0.2, 0) is 4.74 Å². The lowest BCUT2D eigenvalue weighted by atomic mass is 10.1. The summed E-state index contributed by atoms with van der Waals surface area (Å²) in [6.07, 6.45) is 1.22. The van der Waals surface area contributed by atoms with Gasteiger partial charge in [-0.2, -0.15) is 0 Å². The third-order valence-electron chi connectivity index (χ3n) is 3.30. The Balaban J connectivity index is 2.23. The van der Waals surface area contributed by atoms with Crippen LogP contribution in [0.15, 0.2) is 48.7 Å². The molecule has 0 spiro atoms. The van der Waals surface area contributed by atoms with E-state index in [2.05, 4.69) is 4.98 Å². The number of benzene rings is 1. The minimum absolute atomic E-state index is 0.333. The molecular formula is C18H17ClN2O2. The van der Waals surface area contributed by atoms with Crippen molar-refractivity contribution in [3.05, 3.63) is 53.8 Å². The zero-order valence-electron chi connectivity index (χ0n) is 13.2. The van der Waals surface area contributed by atoms with Crippen LogP contribution in [-0.4, -0.2) is 21.2 Å². The van der Waals surface area contributed by atoms with E-state index in [9.17, 15) is 4.79 Å². The molecule has 0 amide bonds. The molecule has 0 atom stereocenters. The summed E-state index contributed by atoms with van der Waals surface area (Å²) in [7, 11) is 0. The van der Waals surface area contributed by atoms with Crippen LogP contribution in [0.3, 0.4) is 0 Å². The molecule has 118 valence electrons. The zero-order valence-corrected chi connectivity index (χ0v) is 14.0. The summed E-state index contributed by atoms with van der Waals surface area (Å²) in [5.41, 5.74) is 1.76. The third-order valence-corrected chi connectivity index (χ3v) is 3.50. The van der Waals surface area contributed by atoms with E-state index >= 15 is 0 Å². The van der Waals surface area contributed by atoms with E-state index in [1.54, 1.807) is 16.8 Å². The second-order valence-electron chi connectivity index (χ2n) is 6.28. The van der Waals surface area contributed by atoms with E-state index in [1.165, 1.54) is 0 Å². The van der Waals surface area contributed by atoms with Crippen LogP contribution in [0.4, 0.5) is 4.79 Å². The minimum atomic E-state index is -0.585. The van der Waals surface area contributed by atoms with Gasteiger partial charge in [0.25, 0.3) is 0 Å². The Morgan fingerprint density at radius 1 is 1.17 bits per heavy atom. The monoisotopic (exact) mass is 328 g/mol. The number of aromatic nitrogens is 2. The molecule has 0 aliphatic rings. The molecule has 0 saturated heterocycles. The lowest BCUT2D eigenvalue weighted by Crippen LogP contribution is -2.27. The number of hydrogen-bond donors (Lipinski definition) is 0. The van der Waals surface area contributed by atoms with Crippen LogP contribution in [0.2, 0.25) is 5.15 Å². The maximum atomic E-state index is 12.7. The van der Waals surface area contributed by atoms with Crippen molar-refractivity contribution in [1.29, 1.82) is 0 Å². The van der Waals surface area contributed by atoms with E-state index in [1.807, 2.05) is 57.2 Å². The van der Waals surface area contributed by atoms with E-state index in [-0.39, 0.29) is 0 Å². The molecule has 4 nitrogen and oxygen atoms in total. The van der Waals surface area contributed by atoms with Gasteiger partial charge >= 0.3 is 6.09 Å². The SMILES string of the molecule is CC(C)(C)OC(=O)n1c(-c2ccccc2)cc2cnc(Cl)cc21. The molecule has 0 saturated carbocycles. The second kappa shape index (κ2) is 5.70. The molecule has 0 fully saturated rings. The van der Waals surface area contributed by atoms with E-state index in [4.69, 9.17) is 16.3 Å². The highest BCUT2D eigenvalue weighted by atomic mass is 35.5. The second-order valence-corrected chi connectivity index (χ2v) is 6.66. The van der Waals surface area contributed by atoms with Crippen LogP contribution in [0.5, 0.6) is 0 Å². The smallest absolute Gasteiger partial charge is 0.419 e. The molecule has 0 aliphatic heterocycles. The predicted octanol–water partition coefficient (Wildman–Crippen LogP) is 5.14. The summed E-state index contributed by atoms with van der Waals surface area (Å²) < 4.78 is 7.10. The van der Waals surface area contributed by atoms with Crippen LogP contribution < -0.4 is 0 Å². The van der Waals surface area contributed by atoms with Gasteiger partial charge in [0.15, 0.2) is 0 Å². The Morgan fingerprint density at radius 3 is 2.52 bits per heavy atom. The van der Waals surface area contributed by atoms with Crippen molar-refractivity contribution in [2.45, 2.75) is 26.4 Å². The van der Waals surface area contributed by atoms with Gasteiger partial charge in [-0.3, -0.25) is 0 Å². The Hall–Kier alpha value is -2.33. The lowest BCUT2D eigenvalue weighted by molar-refractivity contribution is 0.0547. The molecule has 3 aromatic rings. The highest BCUT2D eigenvalue weighted by Gasteiger charge is 2.23. The van der Waals surface area contributed by atoms with Crippen LogP contribution in [0.1, 0.15) is 20.8 Å². The van der Waals surface area contributed by atoms with Crippen LogP contribution in [0, 0.1) is 0 Å². The maximum absolute atomic E-state index is 12.7. The van der Waals surface area contributed by atoms with Gasteiger partial charge in [0, 0.05) is 17.6 Å². The highest BCUT2D eigenvalue weighted by Crippen LogP contribution is 2.30. The average molecular weight is 329 g/mol.